The number of nitrogens with zero attached hydrogens (tertiary/aromatic N) is 1. The molecule has 1 heterocycles. The second kappa shape index (κ2) is 7.62. The van der Waals surface area contributed by atoms with Crippen LogP contribution in [-0.4, -0.2) is 47.6 Å². The average Bonchev–Trinajstić information content (AvgIpc) is 2.38. The summed E-state index contributed by atoms with van der Waals surface area (Å²) in [7, 11) is 0. The number of carbonyl (C=O) groups excluding carboxylic acids is 2. The van der Waals surface area contributed by atoms with Crippen LogP contribution >= 0.6 is 0 Å². The molecule has 1 aliphatic heterocycles. The van der Waals surface area contributed by atoms with Crippen LogP contribution in [0.2, 0.25) is 0 Å². The maximum Gasteiger partial charge on any atom is 0.225 e. The Morgan fingerprint density at radius 3 is 2.60 bits per heavy atom. The maximum atomic E-state index is 12.2. The minimum Gasteiger partial charge on any atom is -0.396 e. The lowest BCUT2D eigenvalue weighted by molar-refractivity contribution is -0.135. The molecule has 2 amide bonds. The molecule has 5 nitrogen and oxygen atoms in total. The Morgan fingerprint density at radius 2 is 2.00 bits per heavy atom. The number of hydrogen-bond donors (Lipinski definition) is 2. The van der Waals surface area contributed by atoms with Crippen molar-refractivity contribution in [3.05, 3.63) is 0 Å². The lowest BCUT2D eigenvalue weighted by atomic mass is 9.95. The molecule has 1 fully saturated rings. The van der Waals surface area contributed by atoms with Gasteiger partial charge in [0.15, 0.2) is 0 Å². The van der Waals surface area contributed by atoms with Gasteiger partial charge in [0.05, 0.1) is 0 Å². The number of rotatable bonds is 5. The third kappa shape index (κ3) is 5.12. The number of piperidine rings is 1. The zero-order valence-electron chi connectivity index (χ0n) is 12.9. The molecule has 0 radical (unpaired) electrons. The van der Waals surface area contributed by atoms with Crippen molar-refractivity contribution >= 4 is 11.8 Å². The highest BCUT2D eigenvalue weighted by molar-refractivity contribution is 5.82. The van der Waals surface area contributed by atoms with Gasteiger partial charge in [-0.2, -0.15) is 0 Å². The van der Waals surface area contributed by atoms with E-state index in [0.717, 1.165) is 25.8 Å². The summed E-state index contributed by atoms with van der Waals surface area (Å²) in [6.07, 6.45) is 4.11. The summed E-state index contributed by atoms with van der Waals surface area (Å²) < 4.78 is 0. The smallest absolute Gasteiger partial charge is 0.225 e. The third-order valence-electron chi connectivity index (χ3n) is 3.72. The molecule has 1 saturated heterocycles. The Hall–Kier alpha value is -1.10. The number of hydrogen-bond acceptors (Lipinski definition) is 3. The van der Waals surface area contributed by atoms with Gasteiger partial charge in [-0.15, -0.1) is 0 Å². The Labute approximate surface area is 121 Å². The molecule has 20 heavy (non-hydrogen) atoms. The fourth-order valence-corrected chi connectivity index (χ4v) is 2.47. The van der Waals surface area contributed by atoms with Crippen molar-refractivity contribution < 1.29 is 14.7 Å². The van der Waals surface area contributed by atoms with Gasteiger partial charge in [0.2, 0.25) is 11.8 Å². The minimum absolute atomic E-state index is 0.0316. The van der Waals surface area contributed by atoms with Crippen LogP contribution in [0.3, 0.4) is 0 Å². The van der Waals surface area contributed by atoms with Gasteiger partial charge in [0.1, 0.15) is 0 Å². The number of aliphatic hydroxyl groups is 1. The second-order valence-corrected chi connectivity index (χ2v) is 6.50. The molecule has 0 aromatic rings. The highest BCUT2D eigenvalue weighted by atomic mass is 16.3. The Balaban J connectivity index is 2.39. The standard InChI is InChI=1S/C15H28N2O3/c1-15(2,3)14(20)16-9-7-13(19)17-10-5-4-6-12(17)8-11-18/h12,18H,4-11H2,1-3H3,(H,16,20). The quantitative estimate of drug-likeness (QED) is 0.799. The van der Waals surface area contributed by atoms with Crippen molar-refractivity contribution in [1.82, 2.24) is 10.2 Å². The lowest BCUT2D eigenvalue weighted by Gasteiger charge is -2.35. The first kappa shape index (κ1) is 17.0. The molecular formula is C15H28N2O3. The Bertz CT molecular complexity index is 335. The van der Waals surface area contributed by atoms with E-state index < -0.39 is 5.41 Å². The lowest BCUT2D eigenvalue weighted by Crippen LogP contribution is -2.45. The number of likely N-dealkylation sites (tertiary alicyclic amines) is 1. The van der Waals surface area contributed by atoms with Crippen LogP contribution in [-0.2, 0) is 9.59 Å². The molecule has 0 spiro atoms. The molecule has 5 heteroatoms. The van der Waals surface area contributed by atoms with E-state index in [1.807, 2.05) is 25.7 Å². The SMILES string of the molecule is CC(C)(C)C(=O)NCCC(=O)N1CCCCC1CCO. The molecule has 1 atom stereocenters. The van der Waals surface area contributed by atoms with Crippen molar-refractivity contribution in [3.63, 3.8) is 0 Å². The van der Waals surface area contributed by atoms with Crippen LogP contribution in [0, 0.1) is 5.41 Å². The summed E-state index contributed by atoms with van der Waals surface area (Å²) in [6.45, 7) is 6.84. The van der Waals surface area contributed by atoms with Crippen LogP contribution in [0.1, 0.15) is 52.9 Å². The molecule has 0 saturated carbocycles. The van der Waals surface area contributed by atoms with Crippen molar-refractivity contribution in [2.45, 2.75) is 58.9 Å². The van der Waals surface area contributed by atoms with Crippen LogP contribution < -0.4 is 5.32 Å². The van der Waals surface area contributed by atoms with Gasteiger partial charge in [-0.05, 0) is 25.7 Å². The molecule has 116 valence electrons. The molecule has 2 N–H and O–H groups in total. The molecule has 0 bridgehead atoms. The minimum atomic E-state index is -0.423. The van der Waals surface area contributed by atoms with Crippen LogP contribution in [0.15, 0.2) is 0 Å². The fourth-order valence-electron chi connectivity index (χ4n) is 2.47. The monoisotopic (exact) mass is 284 g/mol. The first-order valence-electron chi connectivity index (χ1n) is 7.55. The Kier molecular flexibility index (Phi) is 6.46. The first-order chi connectivity index (χ1) is 9.36. The third-order valence-corrected chi connectivity index (χ3v) is 3.72. The van der Waals surface area contributed by atoms with Gasteiger partial charge < -0.3 is 15.3 Å². The highest BCUT2D eigenvalue weighted by Crippen LogP contribution is 2.20. The van der Waals surface area contributed by atoms with Gasteiger partial charge >= 0.3 is 0 Å². The summed E-state index contributed by atoms with van der Waals surface area (Å²) in [5.41, 5.74) is -0.423. The van der Waals surface area contributed by atoms with Crippen LogP contribution in [0.4, 0.5) is 0 Å². The molecular weight excluding hydrogens is 256 g/mol. The van der Waals surface area contributed by atoms with Gasteiger partial charge in [0.25, 0.3) is 0 Å². The summed E-state index contributed by atoms with van der Waals surface area (Å²) in [5, 5.41) is 11.9. The molecule has 0 aliphatic carbocycles. The second-order valence-electron chi connectivity index (χ2n) is 6.50. The van der Waals surface area contributed by atoms with E-state index in [1.165, 1.54) is 0 Å². The van der Waals surface area contributed by atoms with Gasteiger partial charge in [-0.25, -0.2) is 0 Å². The van der Waals surface area contributed by atoms with Crippen molar-refractivity contribution in [2.24, 2.45) is 5.41 Å². The molecule has 0 aromatic heterocycles. The number of nitrogens with one attached hydrogen (secondary N) is 1. The zero-order valence-corrected chi connectivity index (χ0v) is 12.9. The summed E-state index contributed by atoms with van der Waals surface area (Å²) in [4.78, 5) is 25.8. The zero-order chi connectivity index (χ0) is 15.2. The van der Waals surface area contributed by atoms with E-state index in [4.69, 9.17) is 5.11 Å². The normalized spacial score (nSPS) is 19.8. The van der Waals surface area contributed by atoms with E-state index in [9.17, 15) is 9.59 Å². The molecule has 1 rings (SSSR count). The average molecular weight is 284 g/mol. The van der Waals surface area contributed by atoms with Gasteiger partial charge in [-0.1, -0.05) is 20.8 Å². The summed E-state index contributed by atoms with van der Waals surface area (Å²) >= 11 is 0. The number of aliphatic hydroxyl groups excluding tert-OH is 1. The Morgan fingerprint density at radius 1 is 1.30 bits per heavy atom. The highest BCUT2D eigenvalue weighted by Gasteiger charge is 2.26. The maximum absolute atomic E-state index is 12.2. The number of carbonyl (C=O) groups is 2. The van der Waals surface area contributed by atoms with E-state index in [-0.39, 0.29) is 24.5 Å². The van der Waals surface area contributed by atoms with E-state index in [1.54, 1.807) is 0 Å². The van der Waals surface area contributed by atoms with E-state index >= 15 is 0 Å². The summed E-state index contributed by atoms with van der Waals surface area (Å²) in [5.74, 6) is 0.0493. The van der Waals surface area contributed by atoms with Crippen LogP contribution in [0.5, 0.6) is 0 Å². The topological polar surface area (TPSA) is 69.6 Å². The molecule has 1 aliphatic rings. The molecule has 1 unspecified atom stereocenters. The van der Waals surface area contributed by atoms with E-state index in [2.05, 4.69) is 5.32 Å². The first-order valence-corrected chi connectivity index (χ1v) is 7.55. The van der Waals surface area contributed by atoms with Gasteiger partial charge in [-0.3, -0.25) is 9.59 Å². The van der Waals surface area contributed by atoms with Gasteiger partial charge in [0, 0.05) is 37.6 Å². The van der Waals surface area contributed by atoms with Crippen molar-refractivity contribution in [2.75, 3.05) is 19.7 Å². The van der Waals surface area contributed by atoms with Crippen molar-refractivity contribution in [1.29, 1.82) is 0 Å². The van der Waals surface area contributed by atoms with Crippen LogP contribution in [0.25, 0.3) is 0 Å². The predicted molar refractivity (Wildman–Crippen MR) is 78.1 cm³/mol. The fraction of sp³-hybridized carbons (Fsp3) is 0.867. The number of amides is 2. The molecule has 0 aromatic carbocycles. The van der Waals surface area contributed by atoms with Crippen molar-refractivity contribution in [3.8, 4) is 0 Å². The predicted octanol–water partition coefficient (Wildman–Crippen LogP) is 1.30. The largest absolute Gasteiger partial charge is 0.396 e. The summed E-state index contributed by atoms with van der Waals surface area (Å²) in [6, 6.07) is 0.166. The van der Waals surface area contributed by atoms with E-state index in [0.29, 0.717) is 19.4 Å².